The first-order chi connectivity index (χ1) is 8.13. The normalized spacial score (nSPS) is 11.5. The Kier molecular flexibility index (Phi) is 5.47. The highest BCUT2D eigenvalue weighted by Crippen LogP contribution is 2.09. The summed E-state index contributed by atoms with van der Waals surface area (Å²) in [6.07, 6.45) is 5.75. The Labute approximate surface area is 103 Å². The van der Waals surface area contributed by atoms with E-state index in [9.17, 15) is 4.79 Å². The van der Waals surface area contributed by atoms with Gasteiger partial charge in [0.1, 0.15) is 0 Å². The lowest BCUT2D eigenvalue weighted by Gasteiger charge is -2.02. The standard InChI is InChI=1S/C15H20O2/c1-3-5-13-8-10-14(11-9-13)7-4-6-12(2)15(16)17/h6,8-11H,3-5,7H2,1-2H3,(H,16,17)/b12-6+. The molecule has 0 atom stereocenters. The van der Waals surface area contributed by atoms with Gasteiger partial charge in [0.15, 0.2) is 0 Å². The van der Waals surface area contributed by atoms with Gasteiger partial charge in [-0.2, -0.15) is 0 Å². The van der Waals surface area contributed by atoms with Crippen LogP contribution in [0, 0.1) is 0 Å². The number of rotatable bonds is 6. The highest BCUT2D eigenvalue weighted by atomic mass is 16.4. The molecule has 0 aliphatic carbocycles. The summed E-state index contributed by atoms with van der Waals surface area (Å²) in [4.78, 5) is 10.6. The fourth-order valence-corrected chi connectivity index (χ4v) is 1.70. The Morgan fingerprint density at radius 2 is 1.71 bits per heavy atom. The number of carboxylic acids is 1. The Balaban J connectivity index is 2.47. The van der Waals surface area contributed by atoms with Crippen LogP contribution >= 0.6 is 0 Å². The van der Waals surface area contributed by atoms with Crippen molar-refractivity contribution in [3.05, 3.63) is 47.0 Å². The van der Waals surface area contributed by atoms with E-state index in [1.807, 2.05) is 0 Å². The first-order valence-corrected chi connectivity index (χ1v) is 6.11. The second-order valence-electron chi connectivity index (χ2n) is 4.30. The van der Waals surface area contributed by atoms with Gasteiger partial charge >= 0.3 is 5.97 Å². The molecule has 17 heavy (non-hydrogen) atoms. The number of aryl methyl sites for hydroxylation is 2. The molecule has 0 bridgehead atoms. The molecule has 0 saturated carbocycles. The van der Waals surface area contributed by atoms with Crippen LogP contribution in [0.25, 0.3) is 0 Å². The van der Waals surface area contributed by atoms with E-state index in [0.29, 0.717) is 5.57 Å². The van der Waals surface area contributed by atoms with E-state index >= 15 is 0 Å². The Morgan fingerprint density at radius 3 is 2.18 bits per heavy atom. The molecule has 0 aliphatic heterocycles. The lowest BCUT2D eigenvalue weighted by Crippen LogP contribution is -1.96. The number of aliphatic carboxylic acids is 1. The van der Waals surface area contributed by atoms with Crippen LogP contribution in [0.15, 0.2) is 35.9 Å². The fourth-order valence-electron chi connectivity index (χ4n) is 1.70. The van der Waals surface area contributed by atoms with Crippen LogP contribution in [0.3, 0.4) is 0 Å². The van der Waals surface area contributed by atoms with E-state index in [2.05, 4.69) is 31.2 Å². The summed E-state index contributed by atoms with van der Waals surface area (Å²) in [6.45, 7) is 3.81. The van der Waals surface area contributed by atoms with Gasteiger partial charge in [0, 0.05) is 5.57 Å². The fraction of sp³-hybridized carbons (Fsp3) is 0.400. The molecule has 0 fully saturated rings. The van der Waals surface area contributed by atoms with E-state index in [-0.39, 0.29) is 0 Å². The van der Waals surface area contributed by atoms with Crippen LogP contribution in [-0.4, -0.2) is 11.1 Å². The molecule has 1 rings (SSSR count). The zero-order chi connectivity index (χ0) is 12.7. The van der Waals surface area contributed by atoms with Crippen molar-refractivity contribution in [3.8, 4) is 0 Å². The highest BCUT2D eigenvalue weighted by molar-refractivity contribution is 5.85. The molecule has 2 heteroatoms. The zero-order valence-corrected chi connectivity index (χ0v) is 10.6. The van der Waals surface area contributed by atoms with Crippen molar-refractivity contribution in [2.75, 3.05) is 0 Å². The topological polar surface area (TPSA) is 37.3 Å². The summed E-state index contributed by atoms with van der Waals surface area (Å²) >= 11 is 0. The number of allylic oxidation sites excluding steroid dienone is 1. The molecule has 0 amide bonds. The van der Waals surface area contributed by atoms with Crippen LogP contribution in [0.5, 0.6) is 0 Å². The molecule has 92 valence electrons. The summed E-state index contributed by atoms with van der Waals surface area (Å²) in [7, 11) is 0. The van der Waals surface area contributed by atoms with E-state index < -0.39 is 5.97 Å². The van der Waals surface area contributed by atoms with Gasteiger partial charge in [-0.1, -0.05) is 43.7 Å². The van der Waals surface area contributed by atoms with Gasteiger partial charge < -0.3 is 5.11 Å². The molecule has 1 N–H and O–H groups in total. The van der Waals surface area contributed by atoms with Crippen LogP contribution < -0.4 is 0 Å². The van der Waals surface area contributed by atoms with E-state index in [1.165, 1.54) is 17.5 Å². The third kappa shape index (κ3) is 4.85. The van der Waals surface area contributed by atoms with Gasteiger partial charge in [0.05, 0.1) is 0 Å². The second kappa shape index (κ2) is 6.89. The lowest BCUT2D eigenvalue weighted by molar-refractivity contribution is -0.132. The molecule has 0 aromatic heterocycles. The summed E-state index contributed by atoms with van der Waals surface area (Å²) in [5.41, 5.74) is 3.06. The smallest absolute Gasteiger partial charge is 0.330 e. The van der Waals surface area contributed by atoms with Crippen molar-refractivity contribution < 1.29 is 9.90 Å². The Hall–Kier alpha value is -1.57. The predicted molar refractivity (Wildman–Crippen MR) is 70.2 cm³/mol. The molecule has 0 radical (unpaired) electrons. The van der Waals surface area contributed by atoms with Gasteiger partial charge in [-0.3, -0.25) is 0 Å². The van der Waals surface area contributed by atoms with Gasteiger partial charge in [-0.05, 0) is 37.3 Å². The maximum atomic E-state index is 10.6. The van der Waals surface area contributed by atoms with Gasteiger partial charge in [-0.15, -0.1) is 0 Å². The minimum Gasteiger partial charge on any atom is -0.478 e. The summed E-state index contributed by atoms with van der Waals surface area (Å²) in [5, 5.41) is 8.71. The molecule has 0 saturated heterocycles. The number of hydrogen-bond acceptors (Lipinski definition) is 1. The largest absolute Gasteiger partial charge is 0.478 e. The van der Waals surface area contributed by atoms with Crippen molar-refractivity contribution in [1.82, 2.24) is 0 Å². The van der Waals surface area contributed by atoms with Crippen LogP contribution in [0.1, 0.15) is 37.8 Å². The van der Waals surface area contributed by atoms with Crippen LogP contribution in [0.4, 0.5) is 0 Å². The van der Waals surface area contributed by atoms with Crippen molar-refractivity contribution in [1.29, 1.82) is 0 Å². The first kappa shape index (κ1) is 13.5. The third-order valence-corrected chi connectivity index (χ3v) is 2.78. The van der Waals surface area contributed by atoms with Crippen molar-refractivity contribution in [2.45, 2.75) is 39.5 Å². The minimum atomic E-state index is -0.830. The number of carboxylic acid groups (broad SMARTS) is 1. The third-order valence-electron chi connectivity index (χ3n) is 2.78. The summed E-state index contributed by atoms with van der Waals surface area (Å²) in [6, 6.07) is 8.59. The van der Waals surface area contributed by atoms with E-state index in [4.69, 9.17) is 5.11 Å². The Bertz CT molecular complexity index is 388. The molecule has 1 aromatic carbocycles. The highest BCUT2D eigenvalue weighted by Gasteiger charge is 1.98. The number of hydrogen-bond donors (Lipinski definition) is 1. The second-order valence-corrected chi connectivity index (χ2v) is 4.30. The van der Waals surface area contributed by atoms with Gasteiger partial charge in [-0.25, -0.2) is 4.79 Å². The average Bonchev–Trinajstić information content (AvgIpc) is 2.31. The van der Waals surface area contributed by atoms with Crippen molar-refractivity contribution in [2.24, 2.45) is 0 Å². The molecule has 0 spiro atoms. The van der Waals surface area contributed by atoms with Crippen molar-refractivity contribution in [3.63, 3.8) is 0 Å². The molecule has 0 heterocycles. The van der Waals surface area contributed by atoms with E-state index in [1.54, 1.807) is 13.0 Å². The maximum absolute atomic E-state index is 10.6. The first-order valence-electron chi connectivity index (χ1n) is 6.11. The monoisotopic (exact) mass is 232 g/mol. The molecular weight excluding hydrogens is 212 g/mol. The van der Waals surface area contributed by atoms with Crippen molar-refractivity contribution >= 4 is 5.97 Å². The average molecular weight is 232 g/mol. The molecule has 0 unspecified atom stereocenters. The summed E-state index contributed by atoms with van der Waals surface area (Å²) in [5.74, 6) is -0.830. The quantitative estimate of drug-likeness (QED) is 0.761. The SMILES string of the molecule is CCCc1ccc(CC/C=C(\C)C(=O)O)cc1. The molecular formula is C15H20O2. The molecule has 1 aromatic rings. The minimum absolute atomic E-state index is 0.424. The van der Waals surface area contributed by atoms with E-state index in [0.717, 1.165) is 19.3 Å². The number of benzene rings is 1. The Morgan fingerprint density at radius 1 is 1.18 bits per heavy atom. The van der Waals surface area contributed by atoms with Gasteiger partial charge in [0.25, 0.3) is 0 Å². The van der Waals surface area contributed by atoms with Crippen LogP contribution in [-0.2, 0) is 17.6 Å². The zero-order valence-electron chi connectivity index (χ0n) is 10.6. The molecule has 0 aliphatic rings. The van der Waals surface area contributed by atoms with Crippen LogP contribution in [0.2, 0.25) is 0 Å². The molecule has 2 nitrogen and oxygen atoms in total. The predicted octanol–water partition coefficient (Wildman–Crippen LogP) is 3.60. The summed E-state index contributed by atoms with van der Waals surface area (Å²) < 4.78 is 0. The number of carbonyl (C=O) groups is 1. The lowest BCUT2D eigenvalue weighted by atomic mass is 10.0. The maximum Gasteiger partial charge on any atom is 0.330 e. The van der Waals surface area contributed by atoms with Gasteiger partial charge in [0.2, 0.25) is 0 Å².